The van der Waals surface area contributed by atoms with Crippen molar-refractivity contribution in [3.8, 4) is 0 Å². The van der Waals surface area contributed by atoms with E-state index in [-0.39, 0.29) is 35.1 Å². The molecule has 5 aliphatic carbocycles. The zero-order chi connectivity index (χ0) is 18.4. The minimum absolute atomic E-state index is 0.0644. The van der Waals surface area contributed by atoms with Crippen LogP contribution in [0, 0.1) is 34.0 Å². The van der Waals surface area contributed by atoms with Crippen LogP contribution in [-0.4, -0.2) is 51.1 Å². The molecule has 0 saturated heterocycles. The molecule has 25 heavy (non-hydrogen) atoms. The summed E-state index contributed by atoms with van der Waals surface area (Å²) in [7, 11) is 0. The van der Waals surface area contributed by atoms with Crippen molar-refractivity contribution in [2.45, 2.75) is 64.3 Å². The van der Waals surface area contributed by atoms with Gasteiger partial charge in [0.25, 0.3) is 0 Å². The van der Waals surface area contributed by atoms with Gasteiger partial charge in [-0.25, -0.2) is 0 Å². The van der Waals surface area contributed by atoms with Crippen molar-refractivity contribution in [1.82, 2.24) is 0 Å². The molecule has 2 bridgehead atoms. The first kappa shape index (κ1) is 17.7. The zero-order valence-electron chi connectivity index (χ0n) is 15.1. The highest BCUT2D eigenvalue weighted by Crippen LogP contribution is 2.70. The maximum absolute atomic E-state index is 13.2. The van der Waals surface area contributed by atoms with E-state index >= 15 is 0 Å². The molecular formula is C20H30O5. The third kappa shape index (κ3) is 1.81. The molecule has 0 aromatic rings. The number of hydrogen-bond donors (Lipinski definition) is 4. The Morgan fingerprint density at radius 3 is 2.44 bits per heavy atom. The monoisotopic (exact) mass is 350 g/mol. The highest BCUT2D eigenvalue weighted by molar-refractivity contribution is 6.03. The first-order valence-electron chi connectivity index (χ1n) is 9.53. The van der Waals surface area contributed by atoms with Crippen molar-refractivity contribution < 1.29 is 25.2 Å². The van der Waals surface area contributed by atoms with Crippen molar-refractivity contribution in [1.29, 1.82) is 0 Å². The first-order valence-corrected chi connectivity index (χ1v) is 9.53. The summed E-state index contributed by atoms with van der Waals surface area (Å²) >= 11 is 0. The highest BCUT2D eigenvalue weighted by Gasteiger charge is 2.74. The molecule has 1 spiro atoms. The largest absolute Gasteiger partial charge is 0.396 e. The van der Waals surface area contributed by atoms with Gasteiger partial charge in [0.15, 0.2) is 5.78 Å². The number of rotatable bonds is 1. The van der Waals surface area contributed by atoms with Gasteiger partial charge in [0.1, 0.15) is 0 Å². The third-order valence-electron chi connectivity index (χ3n) is 8.69. The van der Waals surface area contributed by atoms with Crippen molar-refractivity contribution in [2.75, 3.05) is 6.61 Å². The van der Waals surface area contributed by atoms with Crippen LogP contribution in [0.25, 0.3) is 0 Å². The molecule has 5 nitrogen and oxygen atoms in total. The molecule has 0 aromatic carbocycles. The van der Waals surface area contributed by atoms with E-state index in [4.69, 9.17) is 0 Å². The van der Waals surface area contributed by atoms with Crippen LogP contribution in [0.2, 0.25) is 0 Å². The maximum Gasteiger partial charge on any atom is 0.170 e. The number of carbonyl (C=O) groups is 1. The van der Waals surface area contributed by atoms with Crippen LogP contribution in [0.5, 0.6) is 0 Å². The fourth-order valence-electron chi connectivity index (χ4n) is 7.38. The van der Waals surface area contributed by atoms with E-state index in [1.54, 1.807) is 0 Å². The number of fused-ring (bicyclic) bond motifs is 3. The summed E-state index contributed by atoms with van der Waals surface area (Å²) in [6.45, 7) is 8.19. The Labute approximate surface area is 148 Å². The van der Waals surface area contributed by atoms with Gasteiger partial charge in [-0.3, -0.25) is 4.79 Å². The SMILES string of the molecule is C=C1C(=O)C23C(O)CC4C(C)(CO)CCCC4(C)C2CC1C(O)C3O. The lowest BCUT2D eigenvalue weighted by Gasteiger charge is -2.70. The molecule has 5 heteroatoms. The Hall–Kier alpha value is -0.750. The first-order chi connectivity index (χ1) is 11.6. The normalized spacial score (nSPS) is 58.0. The molecule has 0 amide bonds. The lowest BCUT2D eigenvalue weighted by atomic mass is 9.35. The molecular weight excluding hydrogens is 320 g/mol. The van der Waals surface area contributed by atoms with E-state index in [0.717, 1.165) is 19.3 Å². The maximum atomic E-state index is 13.2. The lowest BCUT2D eigenvalue weighted by Crippen LogP contribution is -2.76. The standard InChI is InChI=1S/C20H30O5/c1-10-11-7-13-19(3)6-4-5-18(2,9-21)12(19)8-14(22)20(13,16(10)24)17(25)15(11)23/h11-15,17,21-23,25H,1,4-9H2,2-3H3. The average molecular weight is 350 g/mol. The average Bonchev–Trinajstić information content (AvgIpc) is 2.57. The second kappa shape index (κ2) is 5.16. The van der Waals surface area contributed by atoms with Gasteiger partial charge in [0.05, 0.1) is 23.7 Å². The summed E-state index contributed by atoms with van der Waals surface area (Å²) in [6.07, 6.45) is 0.438. The van der Waals surface area contributed by atoms with Gasteiger partial charge in [0.2, 0.25) is 0 Å². The van der Waals surface area contributed by atoms with Crippen molar-refractivity contribution in [3.05, 3.63) is 12.2 Å². The van der Waals surface area contributed by atoms with Gasteiger partial charge >= 0.3 is 0 Å². The summed E-state index contributed by atoms with van der Waals surface area (Å²) in [5.74, 6) is -0.787. The molecule has 9 atom stereocenters. The van der Waals surface area contributed by atoms with Gasteiger partial charge in [-0.05, 0) is 53.9 Å². The zero-order valence-corrected chi connectivity index (χ0v) is 15.1. The predicted octanol–water partition coefficient (Wildman–Crippen LogP) is 1.04. The number of hydrogen-bond acceptors (Lipinski definition) is 5. The van der Waals surface area contributed by atoms with Crippen molar-refractivity contribution in [2.24, 2.45) is 34.0 Å². The molecule has 5 aliphatic rings. The van der Waals surface area contributed by atoms with E-state index in [0.29, 0.717) is 18.4 Å². The van der Waals surface area contributed by atoms with Crippen molar-refractivity contribution >= 4 is 5.78 Å². The van der Waals surface area contributed by atoms with Gasteiger partial charge < -0.3 is 20.4 Å². The Morgan fingerprint density at radius 1 is 1.12 bits per heavy atom. The molecule has 0 aliphatic heterocycles. The second-order valence-corrected chi connectivity index (χ2v) is 9.59. The van der Waals surface area contributed by atoms with E-state index in [9.17, 15) is 25.2 Å². The molecule has 9 unspecified atom stereocenters. The van der Waals surface area contributed by atoms with Crippen LogP contribution >= 0.6 is 0 Å². The summed E-state index contributed by atoms with van der Waals surface area (Å²) in [6, 6.07) is 0. The Kier molecular flexibility index (Phi) is 3.64. The topological polar surface area (TPSA) is 98.0 Å². The van der Waals surface area contributed by atoms with E-state index in [1.165, 1.54) is 0 Å². The number of aliphatic hydroxyl groups excluding tert-OH is 4. The van der Waals surface area contributed by atoms with Crippen LogP contribution in [0.3, 0.4) is 0 Å². The summed E-state index contributed by atoms with van der Waals surface area (Å²) in [5, 5.41) is 42.6. The molecule has 5 rings (SSSR count). The smallest absolute Gasteiger partial charge is 0.170 e. The van der Waals surface area contributed by atoms with Crippen LogP contribution in [0.15, 0.2) is 12.2 Å². The Morgan fingerprint density at radius 2 is 1.80 bits per heavy atom. The number of carbonyl (C=O) groups excluding carboxylic acids is 1. The molecule has 0 heterocycles. The summed E-state index contributed by atoms with van der Waals surface area (Å²) in [4.78, 5) is 13.2. The van der Waals surface area contributed by atoms with Crippen LogP contribution in [-0.2, 0) is 4.79 Å². The second-order valence-electron chi connectivity index (χ2n) is 9.59. The molecule has 4 N–H and O–H groups in total. The minimum atomic E-state index is -1.34. The minimum Gasteiger partial charge on any atom is -0.396 e. The summed E-state index contributed by atoms with van der Waals surface area (Å²) < 4.78 is 0. The number of ketones is 1. The quantitative estimate of drug-likeness (QED) is 0.530. The van der Waals surface area contributed by atoms with E-state index in [1.807, 2.05) is 0 Å². The lowest BCUT2D eigenvalue weighted by molar-refractivity contribution is -0.267. The number of Topliss-reactive ketones (excluding diaryl/α,β-unsaturated/α-hetero) is 1. The van der Waals surface area contributed by atoms with E-state index < -0.39 is 29.6 Å². The van der Waals surface area contributed by atoms with Gasteiger partial charge in [-0.2, -0.15) is 0 Å². The van der Waals surface area contributed by atoms with Gasteiger partial charge in [0, 0.05) is 12.5 Å². The molecule has 140 valence electrons. The third-order valence-corrected chi connectivity index (χ3v) is 8.69. The molecule has 0 radical (unpaired) electrons. The molecule has 5 saturated carbocycles. The van der Waals surface area contributed by atoms with Gasteiger partial charge in [-0.1, -0.05) is 26.8 Å². The predicted molar refractivity (Wildman–Crippen MR) is 91.5 cm³/mol. The Balaban J connectivity index is 1.88. The fourth-order valence-corrected chi connectivity index (χ4v) is 7.38. The van der Waals surface area contributed by atoms with Crippen molar-refractivity contribution in [3.63, 3.8) is 0 Å². The van der Waals surface area contributed by atoms with E-state index in [2.05, 4.69) is 20.4 Å². The van der Waals surface area contributed by atoms with Crippen LogP contribution in [0.1, 0.15) is 46.0 Å². The van der Waals surface area contributed by atoms with Crippen LogP contribution in [0.4, 0.5) is 0 Å². The van der Waals surface area contributed by atoms with Crippen LogP contribution < -0.4 is 0 Å². The number of aliphatic hydroxyl groups is 4. The highest BCUT2D eigenvalue weighted by atomic mass is 16.3. The summed E-state index contributed by atoms with van der Waals surface area (Å²) in [5.41, 5.74) is -1.51. The fraction of sp³-hybridized carbons (Fsp3) is 0.850. The van der Waals surface area contributed by atoms with Gasteiger partial charge in [-0.15, -0.1) is 0 Å². The Bertz CT molecular complexity index is 632. The molecule has 5 fully saturated rings. The molecule has 0 aromatic heterocycles.